The van der Waals surface area contributed by atoms with Crippen molar-refractivity contribution in [3.63, 3.8) is 0 Å². The number of hydrogen-bond donors (Lipinski definition) is 0. The standard InChI is InChI=1S/C9H5BrIN/c10-9-7-4-2-1-3-6(7)8(11)5-12-9/h1-5H. The van der Waals surface area contributed by atoms with Crippen LogP contribution in [0.3, 0.4) is 0 Å². The van der Waals surface area contributed by atoms with Gasteiger partial charge in [0.1, 0.15) is 4.60 Å². The second-order valence-electron chi connectivity index (χ2n) is 2.44. The van der Waals surface area contributed by atoms with Crippen LogP contribution in [0.25, 0.3) is 10.8 Å². The van der Waals surface area contributed by atoms with Crippen LogP contribution in [0, 0.1) is 3.57 Å². The van der Waals surface area contributed by atoms with E-state index in [0.29, 0.717) is 0 Å². The van der Waals surface area contributed by atoms with Gasteiger partial charge >= 0.3 is 0 Å². The molecular formula is C9H5BrIN. The van der Waals surface area contributed by atoms with E-state index in [4.69, 9.17) is 0 Å². The van der Waals surface area contributed by atoms with Crippen LogP contribution in [0.1, 0.15) is 0 Å². The van der Waals surface area contributed by atoms with Crippen LogP contribution < -0.4 is 0 Å². The summed E-state index contributed by atoms with van der Waals surface area (Å²) in [6, 6.07) is 8.22. The Labute approximate surface area is 92.5 Å². The molecule has 0 unspecified atom stereocenters. The zero-order chi connectivity index (χ0) is 8.55. The van der Waals surface area contributed by atoms with Gasteiger partial charge in [0.25, 0.3) is 0 Å². The molecule has 0 amide bonds. The van der Waals surface area contributed by atoms with Crippen molar-refractivity contribution in [1.82, 2.24) is 4.98 Å². The number of fused-ring (bicyclic) bond motifs is 1. The minimum atomic E-state index is 0.915. The molecule has 2 aromatic rings. The Bertz CT molecular complexity index is 387. The van der Waals surface area contributed by atoms with Gasteiger partial charge in [-0.3, -0.25) is 0 Å². The molecule has 0 saturated heterocycles. The molecule has 0 aliphatic heterocycles. The maximum atomic E-state index is 4.22. The van der Waals surface area contributed by atoms with Crippen LogP contribution in [0.2, 0.25) is 0 Å². The Balaban J connectivity index is 2.95. The lowest BCUT2D eigenvalue weighted by Gasteiger charge is -2.00. The molecule has 0 saturated carbocycles. The number of benzene rings is 1. The number of hydrogen-bond acceptors (Lipinski definition) is 1. The molecule has 12 heavy (non-hydrogen) atoms. The van der Waals surface area contributed by atoms with Crippen LogP contribution in [0.15, 0.2) is 35.1 Å². The highest BCUT2D eigenvalue weighted by Crippen LogP contribution is 2.25. The molecule has 0 fully saturated rings. The van der Waals surface area contributed by atoms with Gasteiger partial charge in [-0.1, -0.05) is 24.3 Å². The number of rotatable bonds is 0. The van der Waals surface area contributed by atoms with E-state index in [-0.39, 0.29) is 0 Å². The number of pyridine rings is 1. The van der Waals surface area contributed by atoms with Gasteiger partial charge < -0.3 is 0 Å². The summed E-state index contributed by atoms with van der Waals surface area (Å²) in [4.78, 5) is 4.22. The zero-order valence-electron chi connectivity index (χ0n) is 6.09. The van der Waals surface area contributed by atoms with Gasteiger partial charge in [0.2, 0.25) is 0 Å². The van der Waals surface area contributed by atoms with E-state index >= 15 is 0 Å². The monoisotopic (exact) mass is 333 g/mol. The van der Waals surface area contributed by atoms with Gasteiger partial charge in [-0.2, -0.15) is 0 Å². The van der Waals surface area contributed by atoms with Gasteiger partial charge in [-0.25, -0.2) is 4.98 Å². The molecule has 0 spiro atoms. The normalized spacial score (nSPS) is 10.5. The summed E-state index contributed by atoms with van der Waals surface area (Å²) < 4.78 is 2.10. The fourth-order valence-electron chi connectivity index (χ4n) is 1.12. The molecule has 0 bridgehead atoms. The van der Waals surface area contributed by atoms with Crippen LogP contribution in [-0.2, 0) is 0 Å². The predicted molar refractivity (Wildman–Crippen MR) is 62.2 cm³/mol. The average molecular weight is 334 g/mol. The summed E-state index contributed by atoms with van der Waals surface area (Å²) in [5.74, 6) is 0. The van der Waals surface area contributed by atoms with Crippen molar-refractivity contribution in [2.24, 2.45) is 0 Å². The first-order valence-electron chi connectivity index (χ1n) is 3.48. The van der Waals surface area contributed by atoms with Gasteiger partial charge in [0.05, 0.1) is 0 Å². The third-order valence-corrected chi connectivity index (χ3v) is 3.19. The van der Waals surface area contributed by atoms with Gasteiger partial charge in [0.15, 0.2) is 0 Å². The van der Waals surface area contributed by atoms with E-state index in [9.17, 15) is 0 Å². The minimum absolute atomic E-state index is 0.915. The fourth-order valence-corrected chi connectivity index (χ4v) is 2.18. The Kier molecular flexibility index (Phi) is 2.32. The van der Waals surface area contributed by atoms with E-state index in [1.54, 1.807) is 0 Å². The van der Waals surface area contributed by atoms with Gasteiger partial charge in [-0.15, -0.1) is 0 Å². The van der Waals surface area contributed by atoms with Crippen molar-refractivity contribution in [2.45, 2.75) is 0 Å². The maximum absolute atomic E-state index is 4.22. The summed E-state index contributed by atoms with van der Waals surface area (Å²) in [7, 11) is 0. The van der Waals surface area contributed by atoms with Crippen LogP contribution in [-0.4, -0.2) is 4.98 Å². The van der Waals surface area contributed by atoms with Crippen molar-refractivity contribution < 1.29 is 0 Å². The summed E-state index contributed by atoms with van der Waals surface area (Å²) >= 11 is 5.71. The van der Waals surface area contributed by atoms with E-state index < -0.39 is 0 Å². The second-order valence-corrected chi connectivity index (χ2v) is 4.36. The smallest absolute Gasteiger partial charge is 0.113 e. The van der Waals surface area contributed by atoms with E-state index in [1.807, 2.05) is 18.3 Å². The molecule has 1 heterocycles. The molecule has 0 aliphatic rings. The van der Waals surface area contributed by atoms with Crippen LogP contribution >= 0.6 is 38.5 Å². The highest BCUT2D eigenvalue weighted by atomic mass is 127. The maximum Gasteiger partial charge on any atom is 0.113 e. The molecule has 0 radical (unpaired) electrons. The Morgan fingerprint density at radius 3 is 2.50 bits per heavy atom. The highest BCUT2D eigenvalue weighted by molar-refractivity contribution is 14.1. The topological polar surface area (TPSA) is 12.9 Å². The van der Waals surface area contributed by atoms with Crippen LogP contribution in [0.4, 0.5) is 0 Å². The van der Waals surface area contributed by atoms with Gasteiger partial charge in [-0.05, 0) is 43.9 Å². The molecule has 3 heteroatoms. The summed E-state index contributed by atoms with van der Waals surface area (Å²) in [6.07, 6.45) is 1.87. The molecular weight excluding hydrogens is 329 g/mol. The van der Waals surface area contributed by atoms with Crippen molar-refractivity contribution in [3.8, 4) is 0 Å². The third-order valence-electron chi connectivity index (χ3n) is 1.70. The Morgan fingerprint density at radius 2 is 1.83 bits per heavy atom. The lowest BCUT2D eigenvalue weighted by atomic mass is 10.2. The minimum Gasteiger partial charge on any atom is -0.248 e. The zero-order valence-corrected chi connectivity index (χ0v) is 9.83. The summed E-state index contributed by atoms with van der Waals surface area (Å²) in [5.41, 5.74) is 0. The molecule has 1 nitrogen and oxygen atoms in total. The first kappa shape index (κ1) is 8.44. The molecule has 1 aromatic carbocycles. The van der Waals surface area contributed by atoms with Gasteiger partial charge in [0, 0.05) is 15.2 Å². The molecule has 0 N–H and O–H groups in total. The Hall–Kier alpha value is -0.160. The fraction of sp³-hybridized carbons (Fsp3) is 0. The van der Waals surface area contributed by atoms with Crippen molar-refractivity contribution in [3.05, 3.63) is 38.6 Å². The third kappa shape index (κ3) is 1.35. The molecule has 60 valence electrons. The second kappa shape index (κ2) is 3.30. The van der Waals surface area contributed by atoms with E-state index in [2.05, 4.69) is 55.6 Å². The van der Waals surface area contributed by atoms with Crippen molar-refractivity contribution in [1.29, 1.82) is 0 Å². The SMILES string of the molecule is Brc1ncc(I)c2ccccc12. The van der Waals surface area contributed by atoms with E-state index in [1.165, 1.54) is 14.3 Å². The molecule has 0 atom stereocenters. The number of aromatic nitrogens is 1. The number of nitrogens with zero attached hydrogens (tertiary/aromatic N) is 1. The lowest BCUT2D eigenvalue weighted by Crippen LogP contribution is -1.82. The molecule has 2 rings (SSSR count). The van der Waals surface area contributed by atoms with E-state index in [0.717, 1.165) is 4.60 Å². The largest absolute Gasteiger partial charge is 0.248 e. The lowest BCUT2D eigenvalue weighted by molar-refractivity contribution is 1.30. The first-order valence-corrected chi connectivity index (χ1v) is 5.35. The predicted octanol–water partition coefficient (Wildman–Crippen LogP) is 3.60. The van der Waals surface area contributed by atoms with Crippen molar-refractivity contribution >= 4 is 49.3 Å². The quantitative estimate of drug-likeness (QED) is 0.530. The van der Waals surface area contributed by atoms with Crippen molar-refractivity contribution in [2.75, 3.05) is 0 Å². The average Bonchev–Trinajstić information content (AvgIpc) is 2.12. The molecule has 1 aromatic heterocycles. The number of halogens is 2. The highest BCUT2D eigenvalue weighted by Gasteiger charge is 2.01. The first-order chi connectivity index (χ1) is 5.79. The summed E-state index contributed by atoms with van der Waals surface area (Å²) in [5, 5.41) is 2.42. The Morgan fingerprint density at radius 1 is 1.17 bits per heavy atom. The van der Waals surface area contributed by atoms with Crippen LogP contribution in [0.5, 0.6) is 0 Å². The molecule has 0 aliphatic carbocycles. The summed E-state index contributed by atoms with van der Waals surface area (Å²) in [6.45, 7) is 0.